The molecule has 0 N–H and O–H groups in total. The molecule has 0 spiro atoms. The van der Waals surface area contributed by atoms with Crippen molar-refractivity contribution in [3.05, 3.63) is 54.7 Å². The fraction of sp³-hybridized carbons (Fsp3) is 0.586. The molecular weight excluding hydrogens is 634 g/mol. The van der Waals surface area contributed by atoms with Crippen molar-refractivity contribution in [1.29, 1.82) is 0 Å². The number of ether oxygens (including phenoxy) is 2. The number of hydrogen-bond donors (Lipinski definition) is 0. The van der Waals surface area contributed by atoms with E-state index in [1.807, 2.05) is 0 Å². The van der Waals surface area contributed by atoms with Crippen LogP contribution in [0.5, 0.6) is 11.5 Å². The lowest BCUT2D eigenvalue weighted by molar-refractivity contribution is 0.245. The summed E-state index contributed by atoms with van der Waals surface area (Å²) in [4.78, 5) is 0. The van der Waals surface area contributed by atoms with E-state index in [2.05, 4.69) is 123 Å². The summed E-state index contributed by atoms with van der Waals surface area (Å²) >= 11 is 4.82. The molecule has 184 valence electrons. The predicted octanol–water partition coefficient (Wildman–Crippen LogP) is 9.68. The van der Waals surface area contributed by atoms with E-state index in [-0.39, 0.29) is 10.8 Å². The first-order chi connectivity index (χ1) is 15.8. The van der Waals surface area contributed by atoms with Crippen LogP contribution in [0, 0.1) is 7.14 Å². The van der Waals surface area contributed by atoms with E-state index < -0.39 is 0 Å². The molecule has 2 aromatic carbocycles. The summed E-state index contributed by atoms with van der Waals surface area (Å²) in [6.45, 7) is 15.1. The van der Waals surface area contributed by atoms with Crippen molar-refractivity contribution in [2.24, 2.45) is 0 Å². The molecule has 0 saturated heterocycles. The van der Waals surface area contributed by atoms with Crippen molar-refractivity contribution < 1.29 is 9.47 Å². The van der Waals surface area contributed by atoms with Gasteiger partial charge in [0.25, 0.3) is 0 Å². The van der Waals surface area contributed by atoms with Gasteiger partial charge in [-0.1, -0.05) is 53.7 Å². The Kier molecular flexibility index (Phi) is 11.8. The lowest BCUT2D eigenvalue weighted by Gasteiger charge is -2.31. The molecule has 0 aliphatic heterocycles. The highest BCUT2D eigenvalue weighted by molar-refractivity contribution is 14.1. The van der Waals surface area contributed by atoms with E-state index in [4.69, 9.17) is 9.47 Å². The molecular formula is C29H42I2O2. The monoisotopic (exact) mass is 676 g/mol. The first-order valence-electron chi connectivity index (χ1n) is 12.7. The Morgan fingerprint density at radius 1 is 0.576 bits per heavy atom. The number of benzene rings is 2. The van der Waals surface area contributed by atoms with Gasteiger partial charge in [0.05, 0.1) is 20.4 Å². The second-order valence-corrected chi connectivity index (χ2v) is 11.3. The molecule has 0 aliphatic carbocycles. The van der Waals surface area contributed by atoms with E-state index >= 15 is 0 Å². The summed E-state index contributed by atoms with van der Waals surface area (Å²) in [5, 5.41) is 0. The zero-order valence-electron chi connectivity index (χ0n) is 21.4. The van der Waals surface area contributed by atoms with Gasteiger partial charge in [-0.25, -0.2) is 0 Å². The largest absolute Gasteiger partial charge is 0.492 e. The molecule has 2 rings (SSSR count). The zero-order valence-corrected chi connectivity index (χ0v) is 25.7. The third kappa shape index (κ3) is 6.80. The van der Waals surface area contributed by atoms with Crippen LogP contribution in [-0.4, -0.2) is 13.2 Å². The summed E-state index contributed by atoms with van der Waals surface area (Å²) in [5.41, 5.74) is 3.44. The van der Waals surface area contributed by atoms with E-state index in [0.29, 0.717) is 13.2 Å². The van der Waals surface area contributed by atoms with Crippen molar-refractivity contribution in [3.63, 3.8) is 0 Å². The molecule has 2 aromatic rings. The summed E-state index contributed by atoms with van der Waals surface area (Å²) in [6, 6.07) is 13.5. The smallest absolute Gasteiger partial charge is 0.132 e. The molecule has 0 aromatic heterocycles. The molecule has 0 radical (unpaired) electrons. The highest BCUT2D eigenvalue weighted by atomic mass is 127. The molecule has 0 fully saturated rings. The molecule has 0 amide bonds. The van der Waals surface area contributed by atoms with Crippen LogP contribution in [0.4, 0.5) is 0 Å². The third-order valence-electron chi connectivity index (χ3n) is 7.95. The maximum Gasteiger partial charge on any atom is 0.132 e. The fourth-order valence-electron chi connectivity index (χ4n) is 5.04. The Bertz CT molecular complexity index is 782. The molecule has 4 heteroatoms. The maximum absolute atomic E-state index is 6.09. The van der Waals surface area contributed by atoms with Crippen LogP contribution in [0.1, 0.15) is 97.6 Å². The molecule has 0 saturated carbocycles. The van der Waals surface area contributed by atoms with Gasteiger partial charge in [-0.05, 0) is 130 Å². The topological polar surface area (TPSA) is 18.5 Å². The van der Waals surface area contributed by atoms with Crippen LogP contribution in [0.15, 0.2) is 36.4 Å². The SMILES string of the molecule is CCC(CC)(CC)c1ccc(OCCCOc2ccc(C(CC)(CC)CC)cc2I)c(I)c1. The average Bonchev–Trinajstić information content (AvgIpc) is 2.84. The number of hydrogen-bond acceptors (Lipinski definition) is 2. The second-order valence-electron chi connectivity index (χ2n) is 9.02. The Balaban J connectivity index is 1.91. The van der Waals surface area contributed by atoms with Gasteiger partial charge in [0.15, 0.2) is 0 Å². The third-order valence-corrected chi connectivity index (χ3v) is 9.64. The first-order valence-corrected chi connectivity index (χ1v) is 14.9. The van der Waals surface area contributed by atoms with Crippen molar-refractivity contribution >= 4 is 45.2 Å². The number of halogens is 2. The maximum atomic E-state index is 6.09. The standard InChI is InChI=1S/C29H42I2O2/c1-7-28(8-2,9-3)22-14-16-26(24(30)20-22)32-18-13-19-33-27-17-15-23(21-25(27)31)29(10-4,11-5)12-6/h14-17,20-21H,7-13,18-19H2,1-6H3. The highest BCUT2D eigenvalue weighted by Crippen LogP contribution is 2.38. The lowest BCUT2D eigenvalue weighted by atomic mass is 9.74. The van der Waals surface area contributed by atoms with E-state index in [9.17, 15) is 0 Å². The molecule has 0 heterocycles. The van der Waals surface area contributed by atoms with Crippen molar-refractivity contribution in [2.75, 3.05) is 13.2 Å². The van der Waals surface area contributed by atoms with E-state index in [1.165, 1.54) is 56.8 Å². The first kappa shape index (κ1) is 28.7. The fourth-order valence-corrected chi connectivity index (χ4v) is 6.39. The molecule has 2 nitrogen and oxygen atoms in total. The van der Waals surface area contributed by atoms with Gasteiger partial charge in [-0.2, -0.15) is 0 Å². The Labute approximate surface area is 229 Å². The molecule has 0 atom stereocenters. The van der Waals surface area contributed by atoms with Gasteiger partial charge in [-0.15, -0.1) is 0 Å². The van der Waals surface area contributed by atoms with Crippen LogP contribution in [-0.2, 0) is 10.8 Å². The van der Waals surface area contributed by atoms with Crippen LogP contribution < -0.4 is 9.47 Å². The van der Waals surface area contributed by atoms with Gasteiger partial charge in [-0.3, -0.25) is 0 Å². The van der Waals surface area contributed by atoms with Crippen LogP contribution in [0.3, 0.4) is 0 Å². The van der Waals surface area contributed by atoms with E-state index in [0.717, 1.165) is 17.9 Å². The molecule has 0 bridgehead atoms. The minimum absolute atomic E-state index is 0.282. The van der Waals surface area contributed by atoms with Crippen LogP contribution in [0.25, 0.3) is 0 Å². The molecule has 0 unspecified atom stereocenters. The minimum atomic E-state index is 0.282. The lowest BCUT2D eigenvalue weighted by Crippen LogP contribution is -2.23. The zero-order chi connectivity index (χ0) is 24.5. The second kappa shape index (κ2) is 13.6. The van der Waals surface area contributed by atoms with Gasteiger partial charge in [0.1, 0.15) is 11.5 Å². The Morgan fingerprint density at radius 3 is 1.18 bits per heavy atom. The highest BCUT2D eigenvalue weighted by Gasteiger charge is 2.27. The van der Waals surface area contributed by atoms with Crippen molar-refractivity contribution in [2.45, 2.75) is 97.3 Å². The van der Waals surface area contributed by atoms with Gasteiger partial charge in [0.2, 0.25) is 0 Å². The van der Waals surface area contributed by atoms with E-state index in [1.54, 1.807) is 0 Å². The predicted molar refractivity (Wildman–Crippen MR) is 159 cm³/mol. The van der Waals surface area contributed by atoms with Crippen molar-refractivity contribution in [1.82, 2.24) is 0 Å². The van der Waals surface area contributed by atoms with Gasteiger partial charge >= 0.3 is 0 Å². The average molecular weight is 676 g/mol. The molecule has 0 aliphatic rings. The quantitative estimate of drug-likeness (QED) is 0.147. The normalized spacial score (nSPS) is 12.1. The van der Waals surface area contributed by atoms with Crippen LogP contribution >= 0.6 is 45.2 Å². The van der Waals surface area contributed by atoms with Gasteiger partial charge in [0, 0.05) is 6.42 Å². The summed E-state index contributed by atoms with van der Waals surface area (Å²) in [7, 11) is 0. The summed E-state index contributed by atoms with van der Waals surface area (Å²) < 4.78 is 14.6. The Hall–Kier alpha value is -0.500. The summed E-state index contributed by atoms with van der Waals surface area (Å²) in [5.74, 6) is 1.95. The number of rotatable bonds is 14. The minimum Gasteiger partial charge on any atom is -0.492 e. The summed E-state index contributed by atoms with van der Waals surface area (Å²) in [6.07, 6.45) is 7.88. The van der Waals surface area contributed by atoms with Gasteiger partial charge < -0.3 is 9.47 Å². The van der Waals surface area contributed by atoms with Crippen LogP contribution in [0.2, 0.25) is 0 Å². The van der Waals surface area contributed by atoms with Crippen molar-refractivity contribution in [3.8, 4) is 11.5 Å². The Morgan fingerprint density at radius 2 is 0.909 bits per heavy atom. The molecule has 33 heavy (non-hydrogen) atoms.